The maximum Gasteiger partial charge on any atom is 0.251 e. The quantitative estimate of drug-likeness (QED) is 0.637. The summed E-state index contributed by atoms with van der Waals surface area (Å²) in [5.41, 5.74) is 0.580. The Bertz CT molecular complexity index is 476. The number of carbonyl (C=O) groups excluding carboxylic acids is 1. The van der Waals surface area contributed by atoms with E-state index in [1.165, 1.54) is 0 Å². The first-order chi connectivity index (χ1) is 8.81. The van der Waals surface area contributed by atoms with Crippen LogP contribution in [0.25, 0.3) is 0 Å². The molecule has 0 saturated heterocycles. The Balaban J connectivity index is 1.84. The molecule has 1 aliphatic rings. The molecule has 0 bridgehead atoms. The highest BCUT2D eigenvalue weighted by molar-refractivity contribution is 5.94. The minimum Gasteiger partial charge on any atom is -0.454 e. The van der Waals surface area contributed by atoms with Gasteiger partial charge in [-0.2, -0.15) is 0 Å². The molecule has 0 radical (unpaired) electrons. The number of unbranched alkanes of at least 4 members (excludes halogenated alkanes) is 2. The van der Waals surface area contributed by atoms with E-state index in [4.69, 9.17) is 15.9 Å². The van der Waals surface area contributed by atoms with Gasteiger partial charge in [0.15, 0.2) is 11.5 Å². The number of nitrogens with one attached hydrogen (secondary N) is 1. The van der Waals surface area contributed by atoms with Crippen molar-refractivity contribution in [2.24, 2.45) is 0 Å². The normalized spacial score (nSPS) is 11.9. The minimum atomic E-state index is -0.103. The Hall–Kier alpha value is -2.15. The van der Waals surface area contributed by atoms with Crippen LogP contribution in [0.5, 0.6) is 11.5 Å². The molecule has 94 valence electrons. The molecule has 0 fully saturated rings. The molecular weight excluding hydrogens is 230 g/mol. The van der Waals surface area contributed by atoms with Crippen molar-refractivity contribution in [1.82, 2.24) is 5.32 Å². The molecule has 4 heteroatoms. The Labute approximate surface area is 106 Å². The molecule has 4 nitrogen and oxygen atoms in total. The Morgan fingerprint density at radius 3 is 3.00 bits per heavy atom. The number of hydrogen-bond donors (Lipinski definition) is 1. The van der Waals surface area contributed by atoms with Gasteiger partial charge in [0.2, 0.25) is 6.79 Å². The number of rotatable bonds is 5. The molecule has 1 amide bonds. The van der Waals surface area contributed by atoms with Crippen molar-refractivity contribution in [2.75, 3.05) is 13.3 Å². The van der Waals surface area contributed by atoms with E-state index >= 15 is 0 Å². The lowest BCUT2D eigenvalue weighted by Crippen LogP contribution is -2.24. The third-order valence-corrected chi connectivity index (χ3v) is 2.67. The summed E-state index contributed by atoms with van der Waals surface area (Å²) in [6.07, 6.45) is 7.72. The van der Waals surface area contributed by atoms with Crippen LogP contribution < -0.4 is 14.8 Å². The van der Waals surface area contributed by atoms with E-state index in [1.807, 2.05) is 0 Å². The van der Waals surface area contributed by atoms with E-state index in [-0.39, 0.29) is 12.7 Å². The molecular formula is C14H15NO3. The fourth-order valence-electron chi connectivity index (χ4n) is 1.69. The summed E-state index contributed by atoms with van der Waals surface area (Å²) in [4.78, 5) is 11.8. The van der Waals surface area contributed by atoms with Gasteiger partial charge in [-0.05, 0) is 31.0 Å². The number of hydrogen-bond acceptors (Lipinski definition) is 3. The summed E-state index contributed by atoms with van der Waals surface area (Å²) in [5, 5.41) is 2.85. The van der Waals surface area contributed by atoms with Crippen molar-refractivity contribution in [1.29, 1.82) is 0 Å². The fraction of sp³-hybridized carbons (Fsp3) is 0.357. The molecule has 0 spiro atoms. The van der Waals surface area contributed by atoms with Crippen LogP contribution >= 0.6 is 0 Å². The molecule has 0 aromatic heterocycles. The smallest absolute Gasteiger partial charge is 0.251 e. The SMILES string of the molecule is C#CCCCCNC(=O)c1ccc2c(c1)OCO2. The first-order valence-electron chi connectivity index (χ1n) is 5.92. The maximum atomic E-state index is 11.8. The first-order valence-corrected chi connectivity index (χ1v) is 5.92. The van der Waals surface area contributed by atoms with Crippen molar-refractivity contribution < 1.29 is 14.3 Å². The third kappa shape index (κ3) is 2.95. The molecule has 0 atom stereocenters. The largest absolute Gasteiger partial charge is 0.454 e. The second-order valence-electron chi connectivity index (χ2n) is 3.99. The fourth-order valence-corrected chi connectivity index (χ4v) is 1.69. The third-order valence-electron chi connectivity index (χ3n) is 2.67. The molecule has 0 saturated carbocycles. The predicted molar refractivity (Wildman–Crippen MR) is 67.6 cm³/mol. The van der Waals surface area contributed by atoms with Crippen molar-refractivity contribution in [3.63, 3.8) is 0 Å². The van der Waals surface area contributed by atoms with Gasteiger partial charge >= 0.3 is 0 Å². The maximum absolute atomic E-state index is 11.8. The van der Waals surface area contributed by atoms with E-state index in [1.54, 1.807) is 18.2 Å². The molecule has 1 heterocycles. The number of ether oxygens (including phenoxy) is 2. The summed E-state index contributed by atoms with van der Waals surface area (Å²) in [5.74, 6) is 3.77. The zero-order chi connectivity index (χ0) is 12.8. The molecule has 0 unspecified atom stereocenters. The molecule has 1 aliphatic heterocycles. The summed E-state index contributed by atoms with van der Waals surface area (Å²) in [7, 11) is 0. The highest BCUT2D eigenvalue weighted by atomic mass is 16.7. The van der Waals surface area contributed by atoms with Gasteiger partial charge in [-0.15, -0.1) is 12.3 Å². The van der Waals surface area contributed by atoms with Gasteiger partial charge in [-0.1, -0.05) is 0 Å². The van der Waals surface area contributed by atoms with Crippen LogP contribution in [-0.4, -0.2) is 19.2 Å². The van der Waals surface area contributed by atoms with Crippen LogP contribution in [0.3, 0.4) is 0 Å². The lowest BCUT2D eigenvalue weighted by Gasteiger charge is -2.05. The molecule has 0 aliphatic carbocycles. The van der Waals surface area contributed by atoms with E-state index in [0.29, 0.717) is 23.6 Å². The van der Waals surface area contributed by atoms with Gasteiger partial charge < -0.3 is 14.8 Å². The number of terminal acetylenes is 1. The summed E-state index contributed by atoms with van der Waals surface area (Å²) in [6, 6.07) is 5.17. The van der Waals surface area contributed by atoms with Gasteiger partial charge in [-0.25, -0.2) is 0 Å². The molecule has 1 aromatic rings. The summed E-state index contributed by atoms with van der Waals surface area (Å²) >= 11 is 0. The Kier molecular flexibility index (Phi) is 4.08. The summed E-state index contributed by atoms with van der Waals surface area (Å²) in [6.45, 7) is 0.849. The lowest BCUT2D eigenvalue weighted by molar-refractivity contribution is 0.0952. The van der Waals surface area contributed by atoms with E-state index in [0.717, 1.165) is 19.3 Å². The van der Waals surface area contributed by atoms with Gasteiger partial charge in [0, 0.05) is 18.5 Å². The Morgan fingerprint density at radius 1 is 1.33 bits per heavy atom. The number of amides is 1. The van der Waals surface area contributed by atoms with E-state index < -0.39 is 0 Å². The number of carbonyl (C=O) groups is 1. The van der Waals surface area contributed by atoms with Crippen molar-refractivity contribution in [3.8, 4) is 23.8 Å². The monoisotopic (exact) mass is 245 g/mol. The van der Waals surface area contributed by atoms with Crippen LogP contribution in [0.1, 0.15) is 29.6 Å². The van der Waals surface area contributed by atoms with Gasteiger partial charge in [0.25, 0.3) is 5.91 Å². The molecule has 2 rings (SSSR count). The average Bonchev–Trinajstić information content (AvgIpc) is 2.85. The van der Waals surface area contributed by atoms with Crippen molar-refractivity contribution in [2.45, 2.75) is 19.3 Å². The lowest BCUT2D eigenvalue weighted by atomic mass is 10.2. The first kappa shape index (κ1) is 12.3. The molecule has 1 aromatic carbocycles. The van der Waals surface area contributed by atoms with Crippen LogP contribution in [-0.2, 0) is 0 Å². The zero-order valence-corrected chi connectivity index (χ0v) is 10.1. The topological polar surface area (TPSA) is 47.6 Å². The highest BCUT2D eigenvalue weighted by Crippen LogP contribution is 2.32. The summed E-state index contributed by atoms with van der Waals surface area (Å²) < 4.78 is 10.4. The highest BCUT2D eigenvalue weighted by Gasteiger charge is 2.15. The van der Waals surface area contributed by atoms with Gasteiger partial charge in [-0.3, -0.25) is 4.79 Å². The minimum absolute atomic E-state index is 0.103. The average molecular weight is 245 g/mol. The predicted octanol–water partition coefficient (Wildman–Crippen LogP) is 1.95. The second-order valence-corrected chi connectivity index (χ2v) is 3.99. The molecule has 1 N–H and O–H groups in total. The van der Waals surface area contributed by atoms with Crippen LogP contribution in [0.15, 0.2) is 18.2 Å². The Morgan fingerprint density at radius 2 is 2.17 bits per heavy atom. The van der Waals surface area contributed by atoms with Crippen LogP contribution in [0.4, 0.5) is 0 Å². The van der Waals surface area contributed by atoms with Gasteiger partial charge in [0.05, 0.1) is 0 Å². The second kappa shape index (κ2) is 5.97. The van der Waals surface area contributed by atoms with Crippen LogP contribution in [0.2, 0.25) is 0 Å². The number of fused-ring (bicyclic) bond motifs is 1. The zero-order valence-electron chi connectivity index (χ0n) is 10.1. The van der Waals surface area contributed by atoms with E-state index in [2.05, 4.69) is 11.2 Å². The standard InChI is InChI=1S/C14H15NO3/c1-2-3-4-5-8-15-14(16)11-6-7-12-13(9-11)18-10-17-12/h1,6-7,9H,3-5,8,10H2,(H,15,16). The molecule has 18 heavy (non-hydrogen) atoms. The van der Waals surface area contributed by atoms with E-state index in [9.17, 15) is 4.79 Å². The van der Waals surface area contributed by atoms with Crippen molar-refractivity contribution >= 4 is 5.91 Å². The van der Waals surface area contributed by atoms with Gasteiger partial charge in [0.1, 0.15) is 0 Å². The van der Waals surface area contributed by atoms with Crippen LogP contribution in [0, 0.1) is 12.3 Å². The van der Waals surface area contributed by atoms with Crippen molar-refractivity contribution in [3.05, 3.63) is 23.8 Å². The number of benzene rings is 1.